The van der Waals surface area contributed by atoms with Gasteiger partial charge in [-0.1, -0.05) is 13.8 Å². The van der Waals surface area contributed by atoms with Gasteiger partial charge in [-0.15, -0.1) is 0 Å². The van der Waals surface area contributed by atoms with E-state index in [1.54, 1.807) is 0 Å². The molecule has 0 saturated heterocycles. The van der Waals surface area contributed by atoms with E-state index < -0.39 is 11.9 Å². The normalized spacial score (nSPS) is 41.8. The van der Waals surface area contributed by atoms with Crippen molar-refractivity contribution in [2.75, 3.05) is 0 Å². The maximum absolute atomic E-state index is 11.9. The monoisotopic (exact) mass is 225 g/mol. The summed E-state index contributed by atoms with van der Waals surface area (Å²) in [6.45, 7) is 4.11. The number of amides is 1. The maximum Gasteiger partial charge on any atom is 0.307 e. The van der Waals surface area contributed by atoms with Gasteiger partial charge in [0.15, 0.2) is 0 Å². The number of rotatable bonds is 3. The molecule has 0 bridgehead atoms. The third kappa shape index (κ3) is 2.20. The van der Waals surface area contributed by atoms with Crippen LogP contribution in [0.4, 0.5) is 0 Å². The largest absolute Gasteiger partial charge is 0.481 e. The fraction of sp³-hybridized carbons (Fsp3) is 0.833. The van der Waals surface area contributed by atoms with E-state index in [2.05, 4.69) is 12.2 Å². The van der Waals surface area contributed by atoms with E-state index in [4.69, 9.17) is 5.11 Å². The molecular formula is C12H19NO3. The number of carboxylic acids is 1. The van der Waals surface area contributed by atoms with Gasteiger partial charge in [0.2, 0.25) is 5.91 Å². The minimum Gasteiger partial charge on any atom is -0.481 e. The van der Waals surface area contributed by atoms with Crippen LogP contribution < -0.4 is 5.32 Å². The zero-order chi connectivity index (χ0) is 11.9. The molecule has 0 radical (unpaired) electrons. The Hall–Kier alpha value is -1.06. The van der Waals surface area contributed by atoms with Crippen LogP contribution in [0, 0.1) is 23.7 Å². The average molecular weight is 225 g/mol. The van der Waals surface area contributed by atoms with E-state index in [0.29, 0.717) is 24.7 Å². The lowest BCUT2D eigenvalue weighted by molar-refractivity contribution is -0.146. The predicted octanol–water partition coefficient (Wildman–Crippen LogP) is 1.26. The SMILES string of the molecule is CC1C[C@H](C(=O)NC2CC2C)[C@H](C(=O)O)C1. The molecule has 5 atom stereocenters. The quantitative estimate of drug-likeness (QED) is 0.759. The van der Waals surface area contributed by atoms with Crippen molar-refractivity contribution in [3.8, 4) is 0 Å². The van der Waals surface area contributed by atoms with Crippen LogP contribution in [-0.2, 0) is 9.59 Å². The Kier molecular flexibility index (Phi) is 2.91. The Bertz CT molecular complexity index is 315. The van der Waals surface area contributed by atoms with Gasteiger partial charge in [0.1, 0.15) is 0 Å². The summed E-state index contributed by atoms with van der Waals surface area (Å²) in [6.07, 6.45) is 2.38. The van der Waals surface area contributed by atoms with Gasteiger partial charge in [0.05, 0.1) is 11.8 Å². The lowest BCUT2D eigenvalue weighted by atomic mass is 9.95. The van der Waals surface area contributed by atoms with Crippen molar-refractivity contribution in [2.24, 2.45) is 23.7 Å². The summed E-state index contributed by atoms with van der Waals surface area (Å²) in [7, 11) is 0. The molecule has 2 N–H and O–H groups in total. The summed E-state index contributed by atoms with van der Waals surface area (Å²) in [4.78, 5) is 23.0. The molecule has 0 aliphatic heterocycles. The van der Waals surface area contributed by atoms with Gasteiger partial charge < -0.3 is 10.4 Å². The highest BCUT2D eigenvalue weighted by molar-refractivity contribution is 5.85. The number of hydrogen-bond acceptors (Lipinski definition) is 2. The number of carboxylic acid groups (broad SMARTS) is 1. The van der Waals surface area contributed by atoms with Crippen molar-refractivity contribution in [3.63, 3.8) is 0 Å². The second kappa shape index (κ2) is 4.07. The Morgan fingerprint density at radius 3 is 2.19 bits per heavy atom. The van der Waals surface area contributed by atoms with Crippen molar-refractivity contribution >= 4 is 11.9 Å². The van der Waals surface area contributed by atoms with Crippen molar-refractivity contribution in [2.45, 2.75) is 39.2 Å². The zero-order valence-corrected chi connectivity index (χ0v) is 9.77. The molecule has 0 aromatic heterocycles. The lowest BCUT2D eigenvalue weighted by Gasteiger charge is -2.15. The topological polar surface area (TPSA) is 66.4 Å². The third-order valence-electron chi connectivity index (χ3n) is 3.89. The number of aliphatic carboxylic acids is 1. The predicted molar refractivity (Wildman–Crippen MR) is 58.7 cm³/mol. The molecule has 2 fully saturated rings. The molecule has 2 rings (SSSR count). The number of hydrogen-bond donors (Lipinski definition) is 2. The Labute approximate surface area is 95.4 Å². The van der Waals surface area contributed by atoms with Crippen LogP contribution in [0.25, 0.3) is 0 Å². The molecule has 2 saturated carbocycles. The third-order valence-corrected chi connectivity index (χ3v) is 3.89. The molecule has 90 valence electrons. The van der Waals surface area contributed by atoms with E-state index in [1.807, 2.05) is 6.92 Å². The van der Waals surface area contributed by atoms with Crippen LogP contribution in [-0.4, -0.2) is 23.0 Å². The summed E-state index contributed by atoms with van der Waals surface area (Å²) >= 11 is 0. The first kappa shape index (κ1) is 11.4. The van der Waals surface area contributed by atoms with Gasteiger partial charge >= 0.3 is 5.97 Å². The van der Waals surface area contributed by atoms with Crippen LogP contribution in [0.1, 0.15) is 33.1 Å². The molecule has 2 aliphatic carbocycles. The molecule has 0 spiro atoms. The smallest absolute Gasteiger partial charge is 0.307 e. The molecule has 0 heterocycles. The van der Waals surface area contributed by atoms with E-state index >= 15 is 0 Å². The second-order valence-corrected chi connectivity index (χ2v) is 5.46. The van der Waals surface area contributed by atoms with E-state index in [1.165, 1.54) is 0 Å². The highest BCUT2D eigenvalue weighted by Crippen LogP contribution is 2.37. The Morgan fingerprint density at radius 2 is 1.69 bits per heavy atom. The molecule has 2 aliphatic rings. The van der Waals surface area contributed by atoms with Crippen LogP contribution in [0.15, 0.2) is 0 Å². The molecule has 3 unspecified atom stereocenters. The van der Waals surface area contributed by atoms with E-state index in [0.717, 1.165) is 6.42 Å². The summed E-state index contributed by atoms with van der Waals surface area (Å²) < 4.78 is 0. The fourth-order valence-electron chi connectivity index (χ4n) is 2.67. The van der Waals surface area contributed by atoms with Gasteiger partial charge in [-0.2, -0.15) is 0 Å². The fourth-order valence-corrected chi connectivity index (χ4v) is 2.67. The summed E-state index contributed by atoms with van der Waals surface area (Å²) in [5.74, 6) is -0.775. The standard InChI is InChI=1S/C12H19NO3/c1-6-3-8(9(4-6)12(15)16)11(14)13-10-5-7(10)2/h6-10H,3-5H2,1-2H3,(H,13,14)(H,15,16)/t6?,7?,8-,9+,10?/m0/s1. The lowest BCUT2D eigenvalue weighted by Crippen LogP contribution is -2.36. The van der Waals surface area contributed by atoms with E-state index in [9.17, 15) is 9.59 Å². The first-order valence-electron chi connectivity index (χ1n) is 6.02. The van der Waals surface area contributed by atoms with Gasteiger partial charge in [0, 0.05) is 6.04 Å². The van der Waals surface area contributed by atoms with Crippen LogP contribution in [0.2, 0.25) is 0 Å². The van der Waals surface area contributed by atoms with Crippen molar-refractivity contribution in [1.29, 1.82) is 0 Å². The minimum absolute atomic E-state index is 0.0499. The Balaban J connectivity index is 1.95. The zero-order valence-electron chi connectivity index (χ0n) is 9.77. The molecule has 4 heteroatoms. The first-order valence-corrected chi connectivity index (χ1v) is 6.02. The molecule has 1 amide bonds. The molecule has 0 aromatic carbocycles. The van der Waals surface area contributed by atoms with Crippen molar-refractivity contribution in [3.05, 3.63) is 0 Å². The number of nitrogens with one attached hydrogen (secondary N) is 1. The number of carbonyl (C=O) groups excluding carboxylic acids is 1. The highest BCUT2D eigenvalue weighted by Gasteiger charge is 2.43. The summed E-state index contributed by atoms with van der Waals surface area (Å²) in [5.41, 5.74) is 0. The first-order chi connectivity index (χ1) is 7.49. The second-order valence-electron chi connectivity index (χ2n) is 5.46. The summed E-state index contributed by atoms with van der Waals surface area (Å²) in [6, 6.07) is 0.290. The number of carbonyl (C=O) groups is 2. The van der Waals surface area contributed by atoms with Crippen molar-refractivity contribution < 1.29 is 14.7 Å². The van der Waals surface area contributed by atoms with Gasteiger partial charge in [0.25, 0.3) is 0 Å². The molecular weight excluding hydrogens is 206 g/mol. The molecule has 0 aromatic rings. The Morgan fingerprint density at radius 1 is 1.12 bits per heavy atom. The summed E-state index contributed by atoms with van der Waals surface area (Å²) in [5, 5.41) is 12.0. The molecule has 4 nitrogen and oxygen atoms in total. The van der Waals surface area contributed by atoms with E-state index in [-0.39, 0.29) is 17.9 Å². The van der Waals surface area contributed by atoms with Crippen LogP contribution >= 0.6 is 0 Å². The highest BCUT2D eigenvalue weighted by atomic mass is 16.4. The molecule has 16 heavy (non-hydrogen) atoms. The van der Waals surface area contributed by atoms with Crippen molar-refractivity contribution in [1.82, 2.24) is 5.32 Å². The average Bonchev–Trinajstić information content (AvgIpc) is 2.74. The van der Waals surface area contributed by atoms with Gasteiger partial charge in [-0.3, -0.25) is 9.59 Å². The van der Waals surface area contributed by atoms with Gasteiger partial charge in [-0.05, 0) is 31.1 Å². The van der Waals surface area contributed by atoms with Crippen LogP contribution in [0.3, 0.4) is 0 Å². The van der Waals surface area contributed by atoms with Crippen LogP contribution in [0.5, 0.6) is 0 Å². The maximum atomic E-state index is 11.9. The minimum atomic E-state index is -0.826. The van der Waals surface area contributed by atoms with Gasteiger partial charge in [-0.25, -0.2) is 0 Å².